The van der Waals surface area contributed by atoms with Gasteiger partial charge in [-0.1, -0.05) is 28.1 Å². The number of hydrogen-bond acceptors (Lipinski definition) is 4. The largest absolute Gasteiger partial charge is 0.461 e. The van der Waals surface area contributed by atoms with E-state index in [0.29, 0.717) is 17.9 Å². The van der Waals surface area contributed by atoms with Crippen molar-refractivity contribution in [2.45, 2.75) is 13.0 Å². The second-order valence-corrected chi connectivity index (χ2v) is 6.66. The average molecular weight is 385 g/mol. The molecule has 22 heavy (non-hydrogen) atoms. The number of ether oxygens (including phenoxy) is 1. The second-order valence-electron chi connectivity index (χ2n) is 4.75. The summed E-state index contributed by atoms with van der Waals surface area (Å²) in [5.74, 6) is 0.323. The molecule has 2 rings (SSSR count). The van der Waals surface area contributed by atoms with Crippen LogP contribution in [0.4, 0.5) is 4.79 Å². The number of carbonyl (C=O) groups excluding carboxylic acids is 2. The number of benzene rings is 1. The topological polar surface area (TPSA) is 67.4 Å². The van der Waals surface area contributed by atoms with Gasteiger partial charge in [0.15, 0.2) is 0 Å². The predicted molar refractivity (Wildman–Crippen MR) is 90.6 cm³/mol. The van der Waals surface area contributed by atoms with Crippen molar-refractivity contribution in [3.63, 3.8) is 0 Å². The summed E-state index contributed by atoms with van der Waals surface area (Å²) in [7, 11) is 0. The van der Waals surface area contributed by atoms with E-state index in [1.807, 2.05) is 30.5 Å². The Bertz CT molecular complexity index is 619. The van der Waals surface area contributed by atoms with Gasteiger partial charge in [0.25, 0.3) is 0 Å². The number of urea groups is 1. The number of allylic oxidation sites excluding steroid dienone is 1. The van der Waals surface area contributed by atoms with E-state index in [1.54, 1.807) is 18.7 Å². The van der Waals surface area contributed by atoms with E-state index >= 15 is 0 Å². The summed E-state index contributed by atoms with van der Waals surface area (Å²) in [5.41, 5.74) is 1.77. The molecule has 1 aliphatic heterocycles. The maximum atomic E-state index is 12.4. The average Bonchev–Trinajstić information content (AvgIpc) is 2.46. The van der Waals surface area contributed by atoms with E-state index in [2.05, 4.69) is 26.6 Å². The number of rotatable bonds is 5. The summed E-state index contributed by atoms with van der Waals surface area (Å²) in [6.45, 7) is 2.05. The third-order valence-corrected chi connectivity index (χ3v) is 4.26. The summed E-state index contributed by atoms with van der Waals surface area (Å²) in [6.07, 6.45) is 1.95. The highest BCUT2D eigenvalue weighted by Gasteiger charge is 2.32. The summed E-state index contributed by atoms with van der Waals surface area (Å²) < 4.78 is 6.17. The molecule has 1 aromatic rings. The smallest absolute Gasteiger partial charge is 0.338 e. The monoisotopic (exact) mass is 384 g/mol. The molecule has 0 unspecified atom stereocenters. The zero-order valence-electron chi connectivity index (χ0n) is 12.3. The Balaban J connectivity index is 2.30. The molecular weight excluding hydrogens is 368 g/mol. The Morgan fingerprint density at radius 1 is 1.45 bits per heavy atom. The zero-order chi connectivity index (χ0) is 16.1. The summed E-state index contributed by atoms with van der Waals surface area (Å²) in [4.78, 5) is 24.1. The Morgan fingerprint density at radius 3 is 2.91 bits per heavy atom. The maximum absolute atomic E-state index is 12.4. The minimum absolute atomic E-state index is 0.330. The van der Waals surface area contributed by atoms with Crippen LogP contribution in [0.25, 0.3) is 0 Å². The first kappa shape index (κ1) is 16.9. The second kappa shape index (κ2) is 7.69. The van der Waals surface area contributed by atoms with Crippen LogP contribution >= 0.6 is 27.7 Å². The van der Waals surface area contributed by atoms with Crippen LogP contribution in [0.3, 0.4) is 0 Å². The van der Waals surface area contributed by atoms with Crippen LogP contribution in [0.2, 0.25) is 0 Å². The van der Waals surface area contributed by atoms with Crippen LogP contribution in [-0.4, -0.2) is 30.6 Å². The Hall–Kier alpha value is -1.47. The Morgan fingerprint density at radius 2 is 2.23 bits per heavy atom. The molecule has 0 radical (unpaired) electrons. The molecule has 7 heteroatoms. The molecule has 0 spiro atoms. The third kappa shape index (κ3) is 4.04. The van der Waals surface area contributed by atoms with Gasteiger partial charge in [0, 0.05) is 15.9 Å². The van der Waals surface area contributed by atoms with Crippen molar-refractivity contribution in [3.05, 3.63) is 45.6 Å². The number of amides is 2. The van der Waals surface area contributed by atoms with Crippen molar-refractivity contribution in [1.82, 2.24) is 10.6 Å². The van der Waals surface area contributed by atoms with Gasteiger partial charge >= 0.3 is 12.0 Å². The lowest BCUT2D eigenvalue weighted by atomic mass is 9.96. The van der Waals surface area contributed by atoms with Gasteiger partial charge in [-0.25, -0.2) is 9.59 Å². The minimum Gasteiger partial charge on any atom is -0.461 e. The molecule has 0 fully saturated rings. The molecule has 0 saturated heterocycles. The van der Waals surface area contributed by atoms with Gasteiger partial charge in [-0.05, 0) is 30.9 Å². The van der Waals surface area contributed by atoms with Crippen molar-refractivity contribution in [2.75, 3.05) is 18.6 Å². The molecule has 1 heterocycles. The van der Waals surface area contributed by atoms with Crippen LogP contribution in [0.5, 0.6) is 0 Å². The van der Waals surface area contributed by atoms with E-state index in [1.165, 1.54) is 0 Å². The molecule has 1 aliphatic rings. The van der Waals surface area contributed by atoms with Gasteiger partial charge < -0.3 is 15.4 Å². The van der Waals surface area contributed by atoms with Crippen molar-refractivity contribution in [2.24, 2.45) is 0 Å². The molecule has 1 aromatic carbocycles. The highest BCUT2D eigenvalue weighted by molar-refractivity contribution is 9.10. The van der Waals surface area contributed by atoms with Crippen molar-refractivity contribution in [1.29, 1.82) is 0 Å². The van der Waals surface area contributed by atoms with Crippen molar-refractivity contribution >= 4 is 39.7 Å². The van der Waals surface area contributed by atoms with Crippen LogP contribution in [-0.2, 0) is 9.53 Å². The highest BCUT2D eigenvalue weighted by atomic mass is 79.9. The SMILES string of the molecule is CSCCOC(=O)C1=C(C)NC(=O)N[C@H]1c1cccc(Br)c1. The highest BCUT2D eigenvalue weighted by Crippen LogP contribution is 2.29. The van der Waals surface area contributed by atoms with E-state index in [0.717, 1.165) is 15.8 Å². The van der Waals surface area contributed by atoms with Crippen molar-refractivity contribution in [3.8, 4) is 0 Å². The Labute approximate surface area is 142 Å². The minimum atomic E-state index is -0.520. The number of esters is 1. The number of thioether (sulfide) groups is 1. The van der Waals surface area contributed by atoms with E-state index in [9.17, 15) is 9.59 Å². The molecule has 0 aromatic heterocycles. The molecule has 2 amide bonds. The zero-order valence-corrected chi connectivity index (χ0v) is 14.7. The van der Waals surface area contributed by atoms with E-state index < -0.39 is 12.0 Å². The van der Waals surface area contributed by atoms with Gasteiger partial charge in [0.1, 0.15) is 6.61 Å². The quantitative estimate of drug-likeness (QED) is 0.604. The fourth-order valence-electron chi connectivity index (χ4n) is 2.20. The van der Waals surface area contributed by atoms with Crippen LogP contribution in [0.15, 0.2) is 40.0 Å². The van der Waals surface area contributed by atoms with Gasteiger partial charge in [-0.3, -0.25) is 0 Å². The third-order valence-electron chi connectivity index (χ3n) is 3.19. The normalized spacial score (nSPS) is 17.8. The van der Waals surface area contributed by atoms with Crippen LogP contribution < -0.4 is 10.6 Å². The lowest BCUT2D eigenvalue weighted by Gasteiger charge is -2.28. The molecule has 0 saturated carbocycles. The first-order chi connectivity index (χ1) is 10.5. The van der Waals surface area contributed by atoms with Crippen LogP contribution in [0.1, 0.15) is 18.5 Å². The van der Waals surface area contributed by atoms with Gasteiger partial charge in [0.2, 0.25) is 0 Å². The predicted octanol–water partition coefficient (Wildman–Crippen LogP) is 2.98. The Kier molecular flexibility index (Phi) is 5.90. The van der Waals surface area contributed by atoms with E-state index in [-0.39, 0.29) is 6.03 Å². The molecule has 118 valence electrons. The molecule has 0 bridgehead atoms. The standard InChI is InChI=1S/C15H17BrN2O3S/c1-9-12(14(19)21-6-7-22-2)13(18-15(20)17-9)10-4-3-5-11(16)8-10/h3-5,8,13H,6-7H2,1-2H3,(H2,17,18,20)/t13-/m0/s1. The fraction of sp³-hybridized carbons (Fsp3) is 0.333. The van der Waals surface area contributed by atoms with Gasteiger partial charge in [-0.2, -0.15) is 11.8 Å². The molecule has 2 N–H and O–H groups in total. The van der Waals surface area contributed by atoms with Gasteiger partial charge in [-0.15, -0.1) is 0 Å². The number of nitrogens with one attached hydrogen (secondary N) is 2. The lowest BCUT2D eigenvalue weighted by Crippen LogP contribution is -2.45. The van der Waals surface area contributed by atoms with Crippen LogP contribution in [0, 0.1) is 0 Å². The van der Waals surface area contributed by atoms with Gasteiger partial charge in [0.05, 0.1) is 11.6 Å². The summed E-state index contributed by atoms with van der Waals surface area (Å²) >= 11 is 5.01. The number of hydrogen-bond donors (Lipinski definition) is 2. The number of halogens is 1. The number of carbonyl (C=O) groups is 2. The first-order valence-corrected chi connectivity index (χ1v) is 8.91. The van der Waals surface area contributed by atoms with Crippen molar-refractivity contribution < 1.29 is 14.3 Å². The first-order valence-electron chi connectivity index (χ1n) is 6.72. The molecule has 1 atom stereocenters. The van der Waals surface area contributed by atoms with E-state index in [4.69, 9.17) is 4.74 Å². The molecule has 0 aliphatic carbocycles. The summed E-state index contributed by atoms with van der Waals surface area (Å²) in [6, 6.07) is 6.64. The maximum Gasteiger partial charge on any atom is 0.338 e. The molecule has 5 nitrogen and oxygen atoms in total. The fourth-order valence-corrected chi connectivity index (χ4v) is 2.86. The summed E-state index contributed by atoms with van der Waals surface area (Å²) in [5, 5.41) is 5.40. The lowest BCUT2D eigenvalue weighted by molar-refractivity contribution is -0.138. The molecular formula is C15H17BrN2O3S.